The van der Waals surface area contributed by atoms with Gasteiger partial charge in [-0.05, 0) is 82.3 Å². The molecule has 4 saturated carbocycles. The van der Waals surface area contributed by atoms with Gasteiger partial charge in [0.25, 0.3) is 5.91 Å². The molecule has 4 aliphatic carbocycles. The highest BCUT2D eigenvalue weighted by molar-refractivity contribution is 5.96. The zero-order chi connectivity index (χ0) is 22.2. The van der Waals surface area contributed by atoms with Crippen molar-refractivity contribution in [3.63, 3.8) is 0 Å². The van der Waals surface area contributed by atoms with E-state index in [4.69, 9.17) is 9.47 Å². The zero-order valence-corrected chi connectivity index (χ0v) is 18.5. The van der Waals surface area contributed by atoms with Gasteiger partial charge in [-0.1, -0.05) is 6.07 Å². The number of amides is 2. The Hall–Kier alpha value is -2.57. The van der Waals surface area contributed by atoms with E-state index in [1.165, 1.54) is 26.2 Å². The number of anilines is 1. The first kappa shape index (κ1) is 21.7. The summed E-state index contributed by atoms with van der Waals surface area (Å²) in [7, 11) is 1.55. The molecule has 168 valence electrons. The van der Waals surface area contributed by atoms with Crippen molar-refractivity contribution in [1.82, 2.24) is 5.32 Å². The fraction of sp³-hybridized carbons (Fsp3) is 0.625. The van der Waals surface area contributed by atoms with Gasteiger partial charge in [-0.25, -0.2) is 4.79 Å². The van der Waals surface area contributed by atoms with Crippen LogP contribution in [0.1, 0.15) is 52.4 Å². The van der Waals surface area contributed by atoms with Gasteiger partial charge < -0.3 is 20.1 Å². The number of hydrogen-bond donors (Lipinski definition) is 2. The van der Waals surface area contributed by atoms with E-state index in [0.717, 1.165) is 19.3 Å². The topological polar surface area (TPSA) is 93.7 Å². The van der Waals surface area contributed by atoms with Gasteiger partial charge in [0.2, 0.25) is 5.91 Å². The molecule has 0 saturated heterocycles. The van der Waals surface area contributed by atoms with Gasteiger partial charge in [0.15, 0.2) is 6.10 Å². The average Bonchev–Trinajstić information content (AvgIpc) is 2.72. The first-order chi connectivity index (χ1) is 14.8. The third-order valence-electron chi connectivity index (χ3n) is 7.22. The Morgan fingerprint density at radius 1 is 1.03 bits per heavy atom. The summed E-state index contributed by atoms with van der Waals surface area (Å²) in [6, 6.07) is 6.14. The number of hydrogen-bond acceptors (Lipinski definition) is 5. The third kappa shape index (κ3) is 4.55. The average molecular weight is 429 g/mol. The predicted octanol–water partition coefficient (Wildman–Crippen LogP) is 3.29. The van der Waals surface area contributed by atoms with E-state index >= 15 is 0 Å². The molecule has 4 aliphatic rings. The van der Waals surface area contributed by atoms with Gasteiger partial charge in [0.05, 0.1) is 7.11 Å². The van der Waals surface area contributed by atoms with Crippen LogP contribution in [0.4, 0.5) is 5.69 Å². The molecule has 5 rings (SSSR count). The smallest absolute Gasteiger partial charge is 0.329 e. The lowest BCUT2D eigenvalue weighted by molar-refractivity contribution is -0.158. The molecule has 1 aromatic rings. The first-order valence-corrected chi connectivity index (χ1v) is 11.2. The maximum atomic E-state index is 13.1. The van der Waals surface area contributed by atoms with Gasteiger partial charge >= 0.3 is 5.97 Å². The Morgan fingerprint density at radius 3 is 2.23 bits per heavy atom. The van der Waals surface area contributed by atoms with Crippen molar-refractivity contribution < 1.29 is 23.9 Å². The Kier molecular flexibility index (Phi) is 5.95. The van der Waals surface area contributed by atoms with Crippen LogP contribution >= 0.6 is 0 Å². The molecule has 2 atom stereocenters. The van der Waals surface area contributed by atoms with Crippen molar-refractivity contribution in [2.45, 2.75) is 64.5 Å². The lowest BCUT2D eigenvalue weighted by Crippen LogP contribution is -2.56. The molecule has 0 heterocycles. The summed E-state index contributed by atoms with van der Waals surface area (Å²) < 4.78 is 10.5. The Morgan fingerprint density at radius 2 is 1.65 bits per heavy atom. The second-order valence-electron chi connectivity index (χ2n) is 9.69. The molecule has 4 fully saturated rings. The number of rotatable bonds is 7. The summed E-state index contributed by atoms with van der Waals surface area (Å²) in [4.78, 5) is 38.1. The molecule has 0 radical (unpaired) electrons. The van der Waals surface area contributed by atoms with Crippen molar-refractivity contribution in [3.8, 4) is 5.75 Å². The molecule has 4 bridgehead atoms. The van der Waals surface area contributed by atoms with Gasteiger partial charge in [0, 0.05) is 17.2 Å². The summed E-state index contributed by atoms with van der Waals surface area (Å²) in [6.07, 6.45) is 5.58. The van der Waals surface area contributed by atoms with Crippen LogP contribution in [0.5, 0.6) is 5.75 Å². The SMILES string of the molecule is COc1cccc(NC(=O)C(C)OC(=O)C(C)NC(=O)C23CC4CC(CC(C4)C2)C3)c1. The van der Waals surface area contributed by atoms with Crippen LogP contribution in [-0.2, 0) is 19.1 Å². The van der Waals surface area contributed by atoms with Crippen LogP contribution in [0.15, 0.2) is 24.3 Å². The van der Waals surface area contributed by atoms with Crippen molar-refractivity contribution in [2.24, 2.45) is 23.2 Å². The van der Waals surface area contributed by atoms with E-state index in [1.807, 2.05) is 0 Å². The summed E-state index contributed by atoms with van der Waals surface area (Å²) in [5.74, 6) is 1.50. The summed E-state index contributed by atoms with van der Waals surface area (Å²) in [5, 5.41) is 5.59. The first-order valence-electron chi connectivity index (χ1n) is 11.2. The van der Waals surface area contributed by atoms with Crippen molar-refractivity contribution in [1.29, 1.82) is 0 Å². The molecule has 0 aromatic heterocycles. The largest absolute Gasteiger partial charge is 0.497 e. The van der Waals surface area contributed by atoms with E-state index < -0.39 is 24.0 Å². The van der Waals surface area contributed by atoms with Gasteiger partial charge in [-0.15, -0.1) is 0 Å². The summed E-state index contributed by atoms with van der Waals surface area (Å²) in [5.41, 5.74) is 0.231. The van der Waals surface area contributed by atoms with Crippen molar-refractivity contribution >= 4 is 23.5 Å². The Labute approximate surface area is 183 Å². The Bertz CT molecular complexity index is 832. The molecule has 31 heavy (non-hydrogen) atoms. The summed E-state index contributed by atoms with van der Waals surface area (Å²) in [6.45, 7) is 3.13. The molecule has 7 nitrogen and oxygen atoms in total. The van der Waals surface area contributed by atoms with Crippen LogP contribution < -0.4 is 15.4 Å². The minimum Gasteiger partial charge on any atom is -0.497 e. The fourth-order valence-corrected chi connectivity index (χ4v) is 6.07. The third-order valence-corrected chi connectivity index (χ3v) is 7.22. The highest BCUT2D eigenvalue weighted by Gasteiger charge is 2.54. The van der Waals surface area contributed by atoms with E-state index in [-0.39, 0.29) is 11.3 Å². The minimum absolute atomic E-state index is 0.0236. The van der Waals surface area contributed by atoms with Crippen molar-refractivity contribution in [2.75, 3.05) is 12.4 Å². The van der Waals surface area contributed by atoms with Crippen LogP contribution in [0.25, 0.3) is 0 Å². The number of benzene rings is 1. The minimum atomic E-state index is -0.988. The predicted molar refractivity (Wildman–Crippen MR) is 115 cm³/mol. The molecular formula is C24H32N2O5. The van der Waals surface area contributed by atoms with Gasteiger partial charge in [0.1, 0.15) is 11.8 Å². The quantitative estimate of drug-likeness (QED) is 0.650. The van der Waals surface area contributed by atoms with Crippen LogP contribution in [-0.4, -0.2) is 37.0 Å². The number of esters is 1. The monoisotopic (exact) mass is 428 g/mol. The molecule has 0 spiro atoms. The second-order valence-corrected chi connectivity index (χ2v) is 9.69. The zero-order valence-electron chi connectivity index (χ0n) is 18.5. The molecule has 0 aliphatic heterocycles. The molecule has 1 aromatic carbocycles. The van der Waals surface area contributed by atoms with E-state index in [1.54, 1.807) is 38.3 Å². The molecular weight excluding hydrogens is 396 g/mol. The molecule has 2 unspecified atom stereocenters. The van der Waals surface area contributed by atoms with E-state index in [2.05, 4.69) is 10.6 Å². The number of carbonyl (C=O) groups is 3. The maximum absolute atomic E-state index is 13.1. The summed E-state index contributed by atoms with van der Waals surface area (Å²) >= 11 is 0. The fourth-order valence-electron chi connectivity index (χ4n) is 6.07. The second kappa shape index (κ2) is 8.52. The van der Waals surface area contributed by atoms with E-state index in [9.17, 15) is 14.4 Å². The van der Waals surface area contributed by atoms with Gasteiger partial charge in [-0.2, -0.15) is 0 Å². The van der Waals surface area contributed by atoms with Gasteiger partial charge in [-0.3, -0.25) is 9.59 Å². The number of methoxy groups -OCH3 is 1. The highest BCUT2D eigenvalue weighted by Crippen LogP contribution is 2.60. The van der Waals surface area contributed by atoms with Crippen LogP contribution in [0, 0.1) is 23.2 Å². The van der Waals surface area contributed by atoms with Crippen molar-refractivity contribution in [3.05, 3.63) is 24.3 Å². The molecule has 2 N–H and O–H groups in total. The number of ether oxygens (including phenoxy) is 2. The normalized spacial score (nSPS) is 30.2. The number of carbonyl (C=O) groups excluding carboxylic acids is 3. The van der Waals surface area contributed by atoms with Crippen LogP contribution in [0.3, 0.4) is 0 Å². The standard InChI is InChI=1S/C24H32N2O5/c1-14(25-23(29)24-11-16-7-17(12-24)9-18(8-16)13-24)22(28)31-15(2)21(27)26-19-5-4-6-20(10-19)30-3/h4-6,10,14-18H,7-9,11-13H2,1-3H3,(H,25,29)(H,26,27). The van der Waals surface area contributed by atoms with Crippen LogP contribution in [0.2, 0.25) is 0 Å². The lowest BCUT2D eigenvalue weighted by Gasteiger charge is -2.55. The highest BCUT2D eigenvalue weighted by atomic mass is 16.5. The molecule has 7 heteroatoms. The number of nitrogens with one attached hydrogen (secondary N) is 2. The lowest BCUT2D eigenvalue weighted by atomic mass is 9.49. The molecule has 2 amide bonds. The van der Waals surface area contributed by atoms with E-state index in [0.29, 0.717) is 29.2 Å². The Balaban J connectivity index is 1.30. The maximum Gasteiger partial charge on any atom is 0.329 e.